The zero-order valence-electron chi connectivity index (χ0n) is 16.2. The van der Waals surface area contributed by atoms with E-state index < -0.39 is 0 Å². The second kappa shape index (κ2) is 9.66. The van der Waals surface area contributed by atoms with Crippen LogP contribution in [0.15, 0.2) is 30.0 Å². The molecule has 0 radical (unpaired) electrons. The first-order valence-electron chi connectivity index (χ1n) is 9.56. The van der Waals surface area contributed by atoms with Crippen molar-refractivity contribution in [3.05, 3.63) is 41.1 Å². The molecule has 6 heteroatoms. The lowest BCUT2D eigenvalue weighted by Crippen LogP contribution is -2.45. The summed E-state index contributed by atoms with van der Waals surface area (Å²) in [5, 5.41) is 12.4. The maximum atomic E-state index is 12.3. The van der Waals surface area contributed by atoms with Crippen LogP contribution in [0.5, 0.6) is 0 Å². The molecule has 1 saturated carbocycles. The van der Waals surface area contributed by atoms with E-state index in [2.05, 4.69) is 53.2 Å². The number of aryl methyl sites for hydroxylation is 1. The highest BCUT2D eigenvalue weighted by Crippen LogP contribution is 2.24. The van der Waals surface area contributed by atoms with Crippen LogP contribution in [0.2, 0.25) is 0 Å². The van der Waals surface area contributed by atoms with Gasteiger partial charge in [0.05, 0.1) is 0 Å². The minimum atomic E-state index is -0.226. The normalized spacial score (nSPS) is 18.0. The number of piperazine rings is 1. The van der Waals surface area contributed by atoms with Gasteiger partial charge in [0.2, 0.25) is 0 Å². The number of nitriles is 1. The fourth-order valence-corrected chi connectivity index (χ4v) is 3.82. The minimum absolute atomic E-state index is 0. The van der Waals surface area contributed by atoms with Crippen molar-refractivity contribution < 1.29 is 4.79 Å². The Balaban J connectivity index is 0.00000261. The summed E-state index contributed by atoms with van der Waals surface area (Å²) in [6, 6.07) is 8.72. The van der Waals surface area contributed by atoms with E-state index in [9.17, 15) is 10.1 Å². The van der Waals surface area contributed by atoms with Crippen LogP contribution in [-0.2, 0) is 4.79 Å². The van der Waals surface area contributed by atoms with E-state index >= 15 is 0 Å². The van der Waals surface area contributed by atoms with Gasteiger partial charge in [0, 0.05) is 44.1 Å². The van der Waals surface area contributed by atoms with Crippen molar-refractivity contribution in [3.63, 3.8) is 0 Å². The van der Waals surface area contributed by atoms with E-state index in [4.69, 9.17) is 0 Å². The predicted octanol–water partition coefficient (Wildman–Crippen LogP) is 3.31. The fourth-order valence-electron chi connectivity index (χ4n) is 3.82. The summed E-state index contributed by atoms with van der Waals surface area (Å²) in [5.74, 6) is -0.226. The largest absolute Gasteiger partial charge is 0.373 e. The van der Waals surface area contributed by atoms with Gasteiger partial charge in [-0.2, -0.15) is 5.26 Å². The molecule has 5 nitrogen and oxygen atoms in total. The van der Waals surface area contributed by atoms with Crippen LogP contribution < -0.4 is 10.2 Å². The standard InChI is InChI=1S/C21H28N4O.ClH/c1-16-6-5-9-20(17(16)2)25-12-10-24(11-13-25)15-18(14-22)21(26)23-19-7-3-4-8-19;/h5-6,9,15,19H,3-4,7-8,10-13H2,1-2H3,(H,23,26);1H/b18-15-;. The molecule has 1 aromatic rings. The van der Waals surface area contributed by atoms with Crippen molar-refractivity contribution >= 4 is 24.0 Å². The van der Waals surface area contributed by atoms with Gasteiger partial charge in [-0.3, -0.25) is 4.79 Å². The first-order valence-corrected chi connectivity index (χ1v) is 9.56. The van der Waals surface area contributed by atoms with E-state index in [0.717, 1.165) is 51.9 Å². The average molecular weight is 389 g/mol. The summed E-state index contributed by atoms with van der Waals surface area (Å²) in [6.07, 6.45) is 6.12. The third kappa shape index (κ3) is 5.17. The molecule has 1 N–H and O–H groups in total. The third-order valence-corrected chi connectivity index (χ3v) is 5.60. The van der Waals surface area contributed by atoms with Crippen molar-refractivity contribution in [2.24, 2.45) is 0 Å². The van der Waals surface area contributed by atoms with E-state index in [1.807, 2.05) is 0 Å². The first kappa shape index (κ1) is 21.1. The molecular formula is C21H29ClN4O. The van der Waals surface area contributed by atoms with Crippen molar-refractivity contribution in [2.75, 3.05) is 31.1 Å². The van der Waals surface area contributed by atoms with E-state index in [-0.39, 0.29) is 29.9 Å². The van der Waals surface area contributed by atoms with Crippen LogP contribution in [0.1, 0.15) is 36.8 Å². The molecule has 1 aromatic carbocycles. The Morgan fingerprint density at radius 1 is 1.19 bits per heavy atom. The second-order valence-corrected chi connectivity index (χ2v) is 7.35. The van der Waals surface area contributed by atoms with Gasteiger partial charge in [-0.05, 0) is 43.9 Å². The maximum Gasteiger partial charge on any atom is 0.263 e. The number of benzene rings is 1. The summed E-state index contributed by atoms with van der Waals surface area (Å²) in [5.41, 5.74) is 4.13. The van der Waals surface area contributed by atoms with E-state index in [1.165, 1.54) is 16.8 Å². The van der Waals surface area contributed by atoms with Gasteiger partial charge in [-0.25, -0.2) is 0 Å². The molecule has 1 heterocycles. The lowest BCUT2D eigenvalue weighted by Gasteiger charge is -2.36. The number of hydrogen-bond donors (Lipinski definition) is 1. The highest BCUT2D eigenvalue weighted by atomic mass is 35.5. The topological polar surface area (TPSA) is 59.4 Å². The molecule has 1 amide bonds. The molecule has 2 aliphatic rings. The van der Waals surface area contributed by atoms with Crippen LogP contribution in [0.25, 0.3) is 0 Å². The summed E-state index contributed by atoms with van der Waals surface area (Å²) in [4.78, 5) is 16.8. The van der Waals surface area contributed by atoms with Crippen molar-refractivity contribution in [3.8, 4) is 6.07 Å². The Morgan fingerprint density at radius 3 is 2.48 bits per heavy atom. The van der Waals surface area contributed by atoms with Crippen molar-refractivity contribution in [2.45, 2.75) is 45.6 Å². The molecule has 0 bridgehead atoms. The Labute approximate surface area is 168 Å². The number of anilines is 1. The van der Waals surface area contributed by atoms with Crippen LogP contribution in [0.4, 0.5) is 5.69 Å². The van der Waals surface area contributed by atoms with Crippen LogP contribution in [0.3, 0.4) is 0 Å². The van der Waals surface area contributed by atoms with Gasteiger partial charge in [0.1, 0.15) is 11.6 Å². The number of nitrogens with zero attached hydrogens (tertiary/aromatic N) is 3. The van der Waals surface area contributed by atoms with Crippen molar-refractivity contribution in [1.82, 2.24) is 10.2 Å². The quantitative estimate of drug-likeness (QED) is 0.635. The Bertz CT molecular complexity index is 726. The van der Waals surface area contributed by atoms with Gasteiger partial charge in [-0.15, -0.1) is 12.4 Å². The highest BCUT2D eigenvalue weighted by molar-refractivity contribution is 5.97. The van der Waals surface area contributed by atoms with Crippen LogP contribution in [-0.4, -0.2) is 43.0 Å². The Kier molecular flexibility index (Phi) is 7.55. The number of carbonyl (C=O) groups excluding carboxylic acids is 1. The summed E-state index contributed by atoms with van der Waals surface area (Å²) >= 11 is 0. The smallest absolute Gasteiger partial charge is 0.263 e. The average Bonchev–Trinajstić information content (AvgIpc) is 3.15. The second-order valence-electron chi connectivity index (χ2n) is 7.35. The van der Waals surface area contributed by atoms with Gasteiger partial charge >= 0.3 is 0 Å². The Morgan fingerprint density at radius 2 is 1.85 bits per heavy atom. The predicted molar refractivity (Wildman–Crippen MR) is 111 cm³/mol. The molecule has 2 fully saturated rings. The SMILES string of the molecule is Cc1cccc(N2CCN(/C=C(/C#N)C(=O)NC3CCCC3)CC2)c1C.Cl. The monoisotopic (exact) mass is 388 g/mol. The molecule has 0 aromatic heterocycles. The number of amides is 1. The first-order chi connectivity index (χ1) is 12.6. The molecule has 1 saturated heterocycles. The van der Waals surface area contributed by atoms with Crippen LogP contribution in [0, 0.1) is 25.2 Å². The number of nitrogens with one attached hydrogen (secondary N) is 1. The molecular weight excluding hydrogens is 360 g/mol. The lowest BCUT2D eigenvalue weighted by atomic mass is 10.1. The molecule has 0 unspecified atom stereocenters. The van der Waals surface area contributed by atoms with Gasteiger partial charge in [0.25, 0.3) is 5.91 Å². The molecule has 1 aliphatic carbocycles. The molecule has 146 valence electrons. The molecule has 27 heavy (non-hydrogen) atoms. The Hall–Kier alpha value is -2.19. The van der Waals surface area contributed by atoms with Crippen molar-refractivity contribution in [1.29, 1.82) is 5.26 Å². The van der Waals surface area contributed by atoms with Gasteiger partial charge in [0.15, 0.2) is 0 Å². The minimum Gasteiger partial charge on any atom is -0.373 e. The van der Waals surface area contributed by atoms with Gasteiger partial charge < -0.3 is 15.1 Å². The number of hydrogen-bond acceptors (Lipinski definition) is 4. The van der Waals surface area contributed by atoms with E-state index in [0.29, 0.717) is 0 Å². The van der Waals surface area contributed by atoms with E-state index in [1.54, 1.807) is 6.20 Å². The number of halogens is 1. The lowest BCUT2D eigenvalue weighted by molar-refractivity contribution is -0.117. The van der Waals surface area contributed by atoms with Gasteiger partial charge in [-0.1, -0.05) is 25.0 Å². The molecule has 3 rings (SSSR count). The highest BCUT2D eigenvalue weighted by Gasteiger charge is 2.21. The summed E-state index contributed by atoms with van der Waals surface area (Å²) in [6.45, 7) is 7.72. The molecule has 0 atom stereocenters. The fraction of sp³-hybridized carbons (Fsp3) is 0.524. The summed E-state index contributed by atoms with van der Waals surface area (Å²) < 4.78 is 0. The summed E-state index contributed by atoms with van der Waals surface area (Å²) in [7, 11) is 0. The maximum absolute atomic E-state index is 12.3. The number of carbonyl (C=O) groups is 1. The number of rotatable bonds is 4. The molecule has 0 spiro atoms. The molecule has 1 aliphatic heterocycles. The zero-order chi connectivity index (χ0) is 18.5. The zero-order valence-corrected chi connectivity index (χ0v) is 17.0. The van der Waals surface area contributed by atoms with Crippen LogP contribution >= 0.6 is 12.4 Å². The third-order valence-electron chi connectivity index (χ3n) is 5.60.